The van der Waals surface area contributed by atoms with Crippen LogP contribution in [0.1, 0.15) is 44.8 Å². The number of para-hydroxylation sites is 1. The zero-order valence-electron chi connectivity index (χ0n) is 11.3. The lowest BCUT2D eigenvalue weighted by molar-refractivity contribution is -0.152. The minimum absolute atomic E-state index is 0.0956. The second kappa shape index (κ2) is 5.29. The van der Waals surface area contributed by atoms with E-state index in [9.17, 15) is 5.11 Å². The van der Waals surface area contributed by atoms with Crippen molar-refractivity contribution in [1.29, 1.82) is 0 Å². The molecule has 1 N–H and O–H groups in total. The predicted molar refractivity (Wildman–Crippen MR) is 70.8 cm³/mol. The fourth-order valence-electron chi connectivity index (χ4n) is 2.47. The van der Waals surface area contributed by atoms with Crippen LogP contribution >= 0.6 is 0 Å². The molecule has 0 bridgehead atoms. The number of aliphatic hydroxyl groups is 1. The van der Waals surface area contributed by atoms with Gasteiger partial charge in [0, 0.05) is 12.7 Å². The number of benzene rings is 1. The van der Waals surface area contributed by atoms with E-state index in [0.29, 0.717) is 0 Å². The number of hydrogen-bond donors (Lipinski definition) is 1. The van der Waals surface area contributed by atoms with Crippen LogP contribution in [0, 0.1) is 0 Å². The molecule has 0 amide bonds. The normalized spacial score (nSPS) is 19.4. The Morgan fingerprint density at radius 3 is 2.39 bits per heavy atom. The largest absolute Gasteiger partial charge is 0.491 e. The third-order valence-electron chi connectivity index (χ3n) is 3.68. The van der Waals surface area contributed by atoms with E-state index in [2.05, 4.69) is 0 Å². The van der Waals surface area contributed by atoms with Gasteiger partial charge in [-0.3, -0.25) is 0 Å². The number of aliphatic hydroxyl groups excluding tert-OH is 1. The maximum Gasteiger partial charge on any atom is 0.125 e. The van der Waals surface area contributed by atoms with Gasteiger partial charge in [0.2, 0.25) is 0 Å². The summed E-state index contributed by atoms with van der Waals surface area (Å²) in [6.07, 6.45) is 2.39. The van der Waals surface area contributed by atoms with Crippen molar-refractivity contribution in [3.8, 4) is 5.75 Å². The summed E-state index contributed by atoms with van der Waals surface area (Å²) in [5.74, 6) is 0.753. The minimum Gasteiger partial charge on any atom is -0.491 e. The smallest absolute Gasteiger partial charge is 0.125 e. The number of ether oxygens (including phenoxy) is 2. The summed E-state index contributed by atoms with van der Waals surface area (Å²) in [6, 6.07) is 7.67. The van der Waals surface area contributed by atoms with Crippen LogP contribution < -0.4 is 4.74 Å². The van der Waals surface area contributed by atoms with Gasteiger partial charge in [-0.15, -0.1) is 0 Å². The highest BCUT2D eigenvalue weighted by Gasteiger charge is 2.45. The van der Waals surface area contributed by atoms with Crippen molar-refractivity contribution in [2.24, 2.45) is 0 Å². The van der Waals surface area contributed by atoms with Crippen molar-refractivity contribution < 1.29 is 14.6 Å². The molecule has 1 aliphatic carbocycles. The third kappa shape index (κ3) is 2.38. The summed E-state index contributed by atoms with van der Waals surface area (Å²) in [5, 5.41) is 10.6. The molecule has 100 valence electrons. The molecule has 0 radical (unpaired) electrons. The summed E-state index contributed by atoms with van der Waals surface area (Å²) < 4.78 is 11.3. The zero-order valence-corrected chi connectivity index (χ0v) is 11.3. The van der Waals surface area contributed by atoms with Gasteiger partial charge in [0.1, 0.15) is 11.9 Å². The Kier molecular flexibility index (Phi) is 3.93. The van der Waals surface area contributed by atoms with E-state index in [1.54, 1.807) is 7.11 Å². The highest BCUT2D eigenvalue weighted by molar-refractivity contribution is 5.37. The molecule has 0 aromatic heterocycles. The highest BCUT2D eigenvalue weighted by Crippen LogP contribution is 2.46. The summed E-state index contributed by atoms with van der Waals surface area (Å²) in [4.78, 5) is 0. The molecular weight excluding hydrogens is 228 g/mol. The standard InChI is InChI=1S/C15H22O3/c1-11(2)18-13-8-5-4-7-12(13)14(16)15(17-3)9-6-10-15/h4-5,7-8,11,14,16H,6,9-10H2,1-3H3. The lowest BCUT2D eigenvalue weighted by Gasteiger charge is -2.44. The first kappa shape index (κ1) is 13.4. The Morgan fingerprint density at radius 1 is 1.22 bits per heavy atom. The Labute approximate surface area is 109 Å². The first-order valence-electron chi connectivity index (χ1n) is 6.58. The number of hydrogen-bond acceptors (Lipinski definition) is 3. The molecule has 1 aromatic carbocycles. The summed E-state index contributed by atoms with van der Waals surface area (Å²) in [5.41, 5.74) is 0.406. The van der Waals surface area contributed by atoms with Gasteiger partial charge in [-0.1, -0.05) is 18.2 Å². The fraction of sp³-hybridized carbons (Fsp3) is 0.600. The lowest BCUT2D eigenvalue weighted by atomic mass is 9.73. The average Bonchev–Trinajstić information content (AvgIpc) is 2.28. The van der Waals surface area contributed by atoms with Gasteiger partial charge in [0.15, 0.2) is 0 Å². The molecule has 1 aromatic rings. The molecule has 0 spiro atoms. The fourth-order valence-corrected chi connectivity index (χ4v) is 2.47. The molecule has 18 heavy (non-hydrogen) atoms. The second-order valence-corrected chi connectivity index (χ2v) is 5.23. The van der Waals surface area contributed by atoms with Gasteiger partial charge >= 0.3 is 0 Å². The van der Waals surface area contributed by atoms with Crippen molar-refractivity contribution in [3.05, 3.63) is 29.8 Å². The third-order valence-corrected chi connectivity index (χ3v) is 3.68. The van der Waals surface area contributed by atoms with Crippen molar-refractivity contribution in [2.45, 2.75) is 50.9 Å². The molecule has 3 heteroatoms. The van der Waals surface area contributed by atoms with Crippen LogP contribution in [0.5, 0.6) is 5.75 Å². The zero-order chi connectivity index (χ0) is 13.2. The van der Waals surface area contributed by atoms with Crippen LogP contribution in [0.25, 0.3) is 0 Å². The molecule has 3 nitrogen and oxygen atoms in total. The van der Waals surface area contributed by atoms with E-state index < -0.39 is 11.7 Å². The lowest BCUT2D eigenvalue weighted by Crippen LogP contribution is -2.45. The Hall–Kier alpha value is -1.06. The molecular formula is C15H22O3. The summed E-state index contributed by atoms with van der Waals surface area (Å²) in [6.45, 7) is 3.97. The van der Waals surface area contributed by atoms with Gasteiger partial charge in [0.25, 0.3) is 0 Å². The van der Waals surface area contributed by atoms with Crippen LogP contribution in [0.4, 0.5) is 0 Å². The van der Waals surface area contributed by atoms with E-state index in [1.165, 1.54) is 0 Å². The quantitative estimate of drug-likeness (QED) is 0.872. The van der Waals surface area contributed by atoms with Gasteiger partial charge in [-0.2, -0.15) is 0 Å². The van der Waals surface area contributed by atoms with E-state index in [-0.39, 0.29) is 6.10 Å². The number of methoxy groups -OCH3 is 1. The number of rotatable bonds is 5. The van der Waals surface area contributed by atoms with Gasteiger partial charge in [-0.05, 0) is 39.2 Å². The van der Waals surface area contributed by atoms with E-state index in [4.69, 9.17) is 9.47 Å². The molecule has 0 heterocycles. The van der Waals surface area contributed by atoms with E-state index in [1.807, 2.05) is 38.1 Å². The molecule has 1 unspecified atom stereocenters. The van der Waals surface area contributed by atoms with E-state index in [0.717, 1.165) is 30.6 Å². The molecule has 1 atom stereocenters. The SMILES string of the molecule is COC1(C(O)c2ccccc2OC(C)C)CCC1. The van der Waals surface area contributed by atoms with E-state index >= 15 is 0 Å². The van der Waals surface area contributed by atoms with Crippen molar-refractivity contribution in [3.63, 3.8) is 0 Å². The summed E-state index contributed by atoms with van der Waals surface area (Å²) >= 11 is 0. The highest BCUT2D eigenvalue weighted by atomic mass is 16.5. The molecule has 2 rings (SSSR count). The topological polar surface area (TPSA) is 38.7 Å². The van der Waals surface area contributed by atoms with Crippen molar-refractivity contribution in [1.82, 2.24) is 0 Å². The Balaban J connectivity index is 2.26. The maximum atomic E-state index is 10.6. The summed E-state index contributed by atoms with van der Waals surface area (Å²) in [7, 11) is 1.67. The predicted octanol–water partition coefficient (Wildman–Crippen LogP) is 3.08. The van der Waals surface area contributed by atoms with Crippen LogP contribution in [0.2, 0.25) is 0 Å². The molecule has 0 aliphatic heterocycles. The van der Waals surface area contributed by atoms with Crippen molar-refractivity contribution >= 4 is 0 Å². The average molecular weight is 250 g/mol. The Morgan fingerprint density at radius 2 is 1.89 bits per heavy atom. The van der Waals surface area contributed by atoms with Gasteiger partial charge in [-0.25, -0.2) is 0 Å². The van der Waals surface area contributed by atoms with Crippen LogP contribution in [0.3, 0.4) is 0 Å². The molecule has 1 fully saturated rings. The molecule has 1 saturated carbocycles. The van der Waals surface area contributed by atoms with Crippen LogP contribution in [0.15, 0.2) is 24.3 Å². The van der Waals surface area contributed by atoms with Crippen LogP contribution in [-0.4, -0.2) is 23.9 Å². The first-order valence-corrected chi connectivity index (χ1v) is 6.58. The van der Waals surface area contributed by atoms with Gasteiger partial charge in [0.05, 0.1) is 11.7 Å². The molecule has 1 aliphatic rings. The minimum atomic E-state index is -0.619. The molecule has 0 saturated heterocycles. The van der Waals surface area contributed by atoms with Crippen LogP contribution in [-0.2, 0) is 4.74 Å². The Bertz CT molecular complexity index is 391. The maximum absolute atomic E-state index is 10.6. The first-order chi connectivity index (χ1) is 8.59. The second-order valence-electron chi connectivity index (χ2n) is 5.23. The van der Waals surface area contributed by atoms with Gasteiger partial charge < -0.3 is 14.6 Å². The monoisotopic (exact) mass is 250 g/mol. The van der Waals surface area contributed by atoms with Crippen molar-refractivity contribution in [2.75, 3.05) is 7.11 Å².